The molecule has 3 heteroatoms. The fraction of sp³-hybridized carbons (Fsp3) is 1.00. The Kier molecular flexibility index (Phi) is 2.05. The fourth-order valence-corrected chi connectivity index (χ4v) is 0.969. The van der Waals surface area contributed by atoms with Gasteiger partial charge in [0.05, 0.1) is 24.9 Å². The van der Waals surface area contributed by atoms with Gasteiger partial charge in [-0.1, -0.05) is 0 Å². The molecule has 54 valence electrons. The average Bonchev–Trinajstić information content (AvgIpc) is 1.80. The third kappa shape index (κ3) is 1.64. The Bertz CT molecular complexity index is 97.1. The Morgan fingerprint density at radius 3 is 2.78 bits per heavy atom. The summed E-state index contributed by atoms with van der Waals surface area (Å²) in [7, 11) is 0. The summed E-state index contributed by atoms with van der Waals surface area (Å²) in [6.07, 6.45) is 0.467. The van der Waals surface area contributed by atoms with Crippen LogP contribution < -0.4 is 5.73 Å². The number of hydrogen-bond acceptors (Lipinski definition) is 3. The van der Waals surface area contributed by atoms with Crippen LogP contribution in [0.25, 0.3) is 0 Å². The molecule has 0 amide bonds. The minimum absolute atomic E-state index is 0.166. The van der Waals surface area contributed by atoms with Gasteiger partial charge in [0.1, 0.15) is 0 Å². The van der Waals surface area contributed by atoms with Crippen LogP contribution in [0.5, 0.6) is 0 Å². The van der Waals surface area contributed by atoms with E-state index in [2.05, 4.69) is 0 Å². The lowest BCUT2D eigenvalue weighted by Crippen LogP contribution is -2.45. The molecule has 0 aliphatic carbocycles. The summed E-state index contributed by atoms with van der Waals surface area (Å²) < 4.78 is 5.18. The Morgan fingerprint density at radius 1 is 1.67 bits per heavy atom. The molecule has 0 spiro atoms. The number of hydrogen-bond donors (Lipinski definition) is 2. The van der Waals surface area contributed by atoms with E-state index in [1.807, 2.05) is 6.92 Å². The van der Waals surface area contributed by atoms with Gasteiger partial charge in [-0.15, -0.1) is 0 Å². The molecule has 0 bridgehead atoms. The first-order valence-electron chi connectivity index (χ1n) is 3.25. The molecule has 1 unspecified atom stereocenters. The lowest BCUT2D eigenvalue weighted by atomic mass is 10.0. The van der Waals surface area contributed by atoms with Gasteiger partial charge < -0.3 is 15.6 Å². The molecule has 9 heavy (non-hydrogen) atoms. The van der Waals surface area contributed by atoms with Gasteiger partial charge in [-0.2, -0.15) is 0 Å². The van der Waals surface area contributed by atoms with Crippen LogP contribution in [-0.2, 0) is 4.74 Å². The van der Waals surface area contributed by atoms with E-state index in [4.69, 9.17) is 15.6 Å². The average molecular weight is 131 g/mol. The quantitative estimate of drug-likeness (QED) is 0.465. The van der Waals surface area contributed by atoms with Crippen LogP contribution in [0, 0.1) is 0 Å². The zero-order chi connectivity index (χ0) is 6.85. The molecule has 0 radical (unpaired) electrons. The second kappa shape index (κ2) is 2.64. The first-order valence-corrected chi connectivity index (χ1v) is 3.25. The second-order valence-corrected chi connectivity index (χ2v) is 2.61. The third-order valence-corrected chi connectivity index (χ3v) is 1.64. The molecule has 3 atom stereocenters. The standard InChI is InChI=1S/C6H13NO2/c1-4-2-6(8)5(7)3-9-4/h4-6,8H,2-3,7H2,1H3/t4-,5-,6?/m0/s1. The number of ether oxygens (including phenoxy) is 1. The van der Waals surface area contributed by atoms with E-state index in [9.17, 15) is 0 Å². The van der Waals surface area contributed by atoms with Crippen LogP contribution in [0.4, 0.5) is 0 Å². The topological polar surface area (TPSA) is 55.5 Å². The first-order chi connectivity index (χ1) is 4.20. The van der Waals surface area contributed by atoms with E-state index >= 15 is 0 Å². The van der Waals surface area contributed by atoms with Gasteiger partial charge in [0.25, 0.3) is 0 Å². The lowest BCUT2D eigenvalue weighted by Gasteiger charge is -2.28. The summed E-state index contributed by atoms with van der Waals surface area (Å²) in [5, 5.41) is 9.14. The molecule has 1 fully saturated rings. The van der Waals surface area contributed by atoms with Gasteiger partial charge in [-0.05, 0) is 6.92 Å². The van der Waals surface area contributed by atoms with Crippen molar-refractivity contribution >= 4 is 0 Å². The maximum absolute atomic E-state index is 9.14. The number of aliphatic hydroxyl groups is 1. The van der Waals surface area contributed by atoms with Crippen LogP contribution in [0.2, 0.25) is 0 Å². The maximum Gasteiger partial charge on any atom is 0.0738 e. The molecule has 3 nitrogen and oxygen atoms in total. The Morgan fingerprint density at radius 2 is 2.33 bits per heavy atom. The Hall–Kier alpha value is -0.120. The molecule has 1 aliphatic rings. The molecular formula is C6H13NO2. The predicted molar refractivity (Wildman–Crippen MR) is 34.0 cm³/mol. The van der Waals surface area contributed by atoms with Crippen molar-refractivity contribution in [1.29, 1.82) is 0 Å². The first kappa shape index (κ1) is 6.99. The summed E-state index contributed by atoms with van der Waals surface area (Å²) in [5.74, 6) is 0. The summed E-state index contributed by atoms with van der Waals surface area (Å²) in [5.41, 5.74) is 5.47. The third-order valence-electron chi connectivity index (χ3n) is 1.64. The number of nitrogens with two attached hydrogens (primary N) is 1. The van der Waals surface area contributed by atoms with Crippen molar-refractivity contribution in [3.8, 4) is 0 Å². The van der Waals surface area contributed by atoms with Crippen molar-refractivity contribution in [3.63, 3.8) is 0 Å². The van der Waals surface area contributed by atoms with Crippen molar-refractivity contribution in [2.75, 3.05) is 6.61 Å². The normalized spacial score (nSPS) is 45.0. The smallest absolute Gasteiger partial charge is 0.0738 e. The van der Waals surface area contributed by atoms with E-state index < -0.39 is 0 Å². The van der Waals surface area contributed by atoms with Crippen LogP contribution in [0.1, 0.15) is 13.3 Å². The van der Waals surface area contributed by atoms with Gasteiger partial charge in [-0.3, -0.25) is 0 Å². The Labute approximate surface area is 54.8 Å². The molecule has 0 saturated carbocycles. The van der Waals surface area contributed by atoms with E-state index in [-0.39, 0.29) is 18.2 Å². The minimum atomic E-state index is -0.367. The highest BCUT2D eigenvalue weighted by Crippen LogP contribution is 2.11. The van der Waals surface area contributed by atoms with Crippen LogP contribution >= 0.6 is 0 Å². The maximum atomic E-state index is 9.14. The summed E-state index contributed by atoms with van der Waals surface area (Å²) >= 11 is 0. The number of aliphatic hydroxyl groups excluding tert-OH is 1. The molecule has 1 heterocycles. The van der Waals surface area contributed by atoms with Gasteiger partial charge in [0, 0.05) is 6.42 Å². The van der Waals surface area contributed by atoms with Crippen LogP contribution in [-0.4, -0.2) is 30.0 Å². The van der Waals surface area contributed by atoms with Crippen LogP contribution in [0.3, 0.4) is 0 Å². The van der Waals surface area contributed by atoms with Crippen molar-refractivity contribution in [1.82, 2.24) is 0 Å². The Balaban J connectivity index is 2.35. The van der Waals surface area contributed by atoms with E-state index in [0.717, 1.165) is 0 Å². The highest BCUT2D eigenvalue weighted by molar-refractivity contribution is 4.78. The summed E-state index contributed by atoms with van der Waals surface area (Å²) in [4.78, 5) is 0. The molecule has 1 saturated heterocycles. The highest BCUT2D eigenvalue weighted by Gasteiger charge is 2.23. The molecule has 3 N–H and O–H groups in total. The summed E-state index contributed by atoms with van der Waals surface area (Å²) in [6.45, 7) is 2.43. The molecule has 0 aromatic carbocycles. The van der Waals surface area contributed by atoms with Crippen molar-refractivity contribution in [2.45, 2.75) is 31.6 Å². The molecule has 0 aromatic rings. The van der Waals surface area contributed by atoms with Crippen molar-refractivity contribution in [2.24, 2.45) is 5.73 Å². The summed E-state index contributed by atoms with van der Waals surface area (Å²) in [6, 6.07) is -0.179. The zero-order valence-corrected chi connectivity index (χ0v) is 5.58. The van der Waals surface area contributed by atoms with Gasteiger partial charge in [0.15, 0.2) is 0 Å². The van der Waals surface area contributed by atoms with Gasteiger partial charge in [-0.25, -0.2) is 0 Å². The van der Waals surface area contributed by atoms with Gasteiger partial charge >= 0.3 is 0 Å². The van der Waals surface area contributed by atoms with Gasteiger partial charge in [0.2, 0.25) is 0 Å². The largest absolute Gasteiger partial charge is 0.391 e. The molecular weight excluding hydrogens is 118 g/mol. The molecule has 1 rings (SSSR count). The van der Waals surface area contributed by atoms with E-state index in [1.54, 1.807) is 0 Å². The van der Waals surface area contributed by atoms with Crippen molar-refractivity contribution < 1.29 is 9.84 Å². The SMILES string of the molecule is C[C@H]1CC(O)[C@@H](N)CO1. The highest BCUT2D eigenvalue weighted by atomic mass is 16.5. The predicted octanol–water partition coefficient (Wildman–Crippen LogP) is -0.517. The zero-order valence-electron chi connectivity index (χ0n) is 5.58. The second-order valence-electron chi connectivity index (χ2n) is 2.61. The van der Waals surface area contributed by atoms with E-state index in [1.165, 1.54) is 0 Å². The molecule has 1 aliphatic heterocycles. The number of rotatable bonds is 0. The van der Waals surface area contributed by atoms with Crippen LogP contribution in [0.15, 0.2) is 0 Å². The lowest BCUT2D eigenvalue weighted by molar-refractivity contribution is -0.0480. The van der Waals surface area contributed by atoms with Crippen molar-refractivity contribution in [3.05, 3.63) is 0 Å². The minimum Gasteiger partial charge on any atom is -0.391 e. The van der Waals surface area contributed by atoms with E-state index in [0.29, 0.717) is 13.0 Å². The molecule has 0 aromatic heterocycles. The fourth-order valence-electron chi connectivity index (χ4n) is 0.969. The monoisotopic (exact) mass is 131 g/mol.